The van der Waals surface area contributed by atoms with Crippen LogP contribution in [-0.4, -0.2) is 22.9 Å². The maximum Gasteiger partial charge on any atom is 0.257 e. The van der Waals surface area contributed by atoms with E-state index in [1.54, 1.807) is 29.6 Å². The number of carbonyl (C=O) groups excluding carboxylic acids is 2. The van der Waals surface area contributed by atoms with Crippen LogP contribution in [0.3, 0.4) is 0 Å². The number of anilines is 2. The van der Waals surface area contributed by atoms with Gasteiger partial charge in [-0.05, 0) is 43.7 Å². The van der Waals surface area contributed by atoms with Crippen molar-refractivity contribution in [2.24, 2.45) is 0 Å². The van der Waals surface area contributed by atoms with Crippen LogP contribution in [0.1, 0.15) is 35.5 Å². The fraction of sp³-hybridized carbons (Fsp3) is 0.227. The SMILES string of the molecule is CC(C)OCc1cccc(NC(=O)Cc2csc(NC(=O)c3ccccc3)n2)c1. The van der Waals surface area contributed by atoms with Crippen molar-refractivity contribution in [2.75, 3.05) is 10.6 Å². The highest BCUT2D eigenvalue weighted by atomic mass is 32.1. The first-order valence-corrected chi connectivity index (χ1v) is 10.2. The molecule has 3 rings (SSSR count). The van der Waals surface area contributed by atoms with Gasteiger partial charge in [0.1, 0.15) is 0 Å². The Balaban J connectivity index is 1.54. The summed E-state index contributed by atoms with van der Waals surface area (Å²) in [4.78, 5) is 28.9. The van der Waals surface area contributed by atoms with Crippen LogP contribution < -0.4 is 10.6 Å². The first kappa shape index (κ1) is 20.7. The Morgan fingerprint density at radius 1 is 1.07 bits per heavy atom. The summed E-state index contributed by atoms with van der Waals surface area (Å²) in [7, 11) is 0. The van der Waals surface area contributed by atoms with Gasteiger partial charge in [0.05, 0.1) is 24.8 Å². The number of thiazole rings is 1. The zero-order valence-electron chi connectivity index (χ0n) is 16.3. The Hall–Kier alpha value is -3.03. The van der Waals surface area contributed by atoms with Crippen molar-refractivity contribution in [3.05, 3.63) is 76.8 Å². The van der Waals surface area contributed by atoms with Gasteiger partial charge in [-0.3, -0.25) is 14.9 Å². The Labute approximate surface area is 173 Å². The molecule has 2 N–H and O–H groups in total. The molecule has 0 atom stereocenters. The fourth-order valence-electron chi connectivity index (χ4n) is 2.58. The molecule has 0 bridgehead atoms. The standard InChI is InChI=1S/C22H23N3O3S/c1-15(2)28-13-16-7-6-10-18(11-16)23-20(26)12-19-14-29-22(24-19)25-21(27)17-8-4-3-5-9-17/h3-11,14-15H,12-13H2,1-2H3,(H,23,26)(H,24,25,27). The van der Waals surface area contributed by atoms with Crippen molar-refractivity contribution in [1.29, 1.82) is 0 Å². The van der Waals surface area contributed by atoms with Crippen LogP contribution >= 0.6 is 11.3 Å². The topological polar surface area (TPSA) is 80.3 Å². The van der Waals surface area contributed by atoms with Crippen LogP contribution in [0, 0.1) is 0 Å². The summed E-state index contributed by atoms with van der Waals surface area (Å²) in [5.74, 6) is -0.394. The third kappa shape index (κ3) is 6.51. The van der Waals surface area contributed by atoms with Gasteiger partial charge in [-0.15, -0.1) is 11.3 Å². The van der Waals surface area contributed by atoms with Crippen molar-refractivity contribution in [3.63, 3.8) is 0 Å². The van der Waals surface area contributed by atoms with Crippen molar-refractivity contribution >= 4 is 34.0 Å². The number of amides is 2. The van der Waals surface area contributed by atoms with E-state index in [4.69, 9.17) is 4.74 Å². The van der Waals surface area contributed by atoms with E-state index in [0.29, 0.717) is 28.7 Å². The van der Waals surface area contributed by atoms with Gasteiger partial charge in [0.15, 0.2) is 5.13 Å². The van der Waals surface area contributed by atoms with Gasteiger partial charge in [-0.2, -0.15) is 0 Å². The van der Waals surface area contributed by atoms with Crippen molar-refractivity contribution in [2.45, 2.75) is 33.0 Å². The molecular weight excluding hydrogens is 386 g/mol. The monoisotopic (exact) mass is 409 g/mol. The first-order valence-electron chi connectivity index (χ1n) is 9.31. The molecule has 150 valence electrons. The van der Waals surface area contributed by atoms with E-state index in [0.717, 1.165) is 5.56 Å². The van der Waals surface area contributed by atoms with Gasteiger partial charge >= 0.3 is 0 Å². The van der Waals surface area contributed by atoms with E-state index in [1.807, 2.05) is 44.2 Å². The molecule has 0 aliphatic rings. The number of nitrogens with one attached hydrogen (secondary N) is 2. The lowest BCUT2D eigenvalue weighted by Gasteiger charge is -2.09. The van der Waals surface area contributed by atoms with E-state index in [9.17, 15) is 9.59 Å². The van der Waals surface area contributed by atoms with Crippen LogP contribution in [0.5, 0.6) is 0 Å². The lowest BCUT2D eigenvalue weighted by Crippen LogP contribution is -2.15. The summed E-state index contributed by atoms with van der Waals surface area (Å²) in [6, 6.07) is 16.5. The third-order valence-corrected chi connectivity index (χ3v) is 4.75. The van der Waals surface area contributed by atoms with Crippen molar-refractivity contribution < 1.29 is 14.3 Å². The Morgan fingerprint density at radius 2 is 1.86 bits per heavy atom. The Kier molecular flexibility index (Phi) is 7.10. The highest BCUT2D eigenvalue weighted by molar-refractivity contribution is 7.14. The zero-order valence-corrected chi connectivity index (χ0v) is 17.2. The van der Waals surface area contributed by atoms with Gasteiger partial charge in [-0.1, -0.05) is 30.3 Å². The van der Waals surface area contributed by atoms with Crippen molar-refractivity contribution in [3.8, 4) is 0 Å². The second kappa shape index (κ2) is 9.95. The third-order valence-electron chi connectivity index (χ3n) is 3.94. The molecule has 0 unspecified atom stereocenters. The Bertz CT molecular complexity index is 970. The van der Waals surface area contributed by atoms with Gasteiger partial charge in [0.2, 0.25) is 5.91 Å². The minimum Gasteiger partial charge on any atom is -0.374 e. The van der Waals surface area contributed by atoms with E-state index in [-0.39, 0.29) is 24.3 Å². The predicted molar refractivity (Wildman–Crippen MR) is 115 cm³/mol. The number of carbonyl (C=O) groups is 2. The molecule has 0 spiro atoms. The van der Waals surface area contributed by atoms with E-state index < -0.39 is 0 Å². The molecule has 0 saturated heterocycles. The van der Waals surface area contributed by atoms with E-state index >= 15 is 0 Å². The maximum absolute atomic E-state index is 12.3. The molecule has 0 radical (unpaired) electrons. The normalized spacial score (nSPS) is 10.7. The summed E-state index contributed by atoms with van der Waals surface area (Å²) < 4.78 is 5.59. The Morgan fingerprint density at radius 3 is 2.62 bits per heavy atom. The van der Waals surface area contributed by atoms with Gasteiger partial charge < -0.3 is 10.1 Å². The lowest BCUT2D eigenvalue weighted by molar-refractivity contribution is -0.115. The highest BCUT2D eigenvalue weighted by Gasteiger charge is 2.11. The molecule has 1 aromatic heterocycles. The lowest BCUT2D eigenvalue weighted by atomic mass is 10.2. The minimum absolute atomic E-state index is 0.129. The molecule has 0 aliphatic heterocycles. The molecule has 6 nitrogen and oxygen atoms in total. The van der Waals surface area contributed by atoms with Crippen LogP contribution in [0.25, 0.3) is 0 Å². The average molecular weight is 410 g/mol. The molecule has 0 fully saturated rings. The fourth-order valence-corrected chi connectivity index (χ4v) is 3.28. The number of hydrogen-bond donors (Lipinski definition) is 2. The molecule has 29 heavy (non-hydrogen) atoms. The molecule has 7 heteroatoms. The number of ether oxygens (including phenoxy) is 1. The number of aromatic nitrogens is 1. The summed E-state index contributed by atoms with van der Waals surface area (Å²) in [5.41, 5.74) is 2.88. The molecule has 2 amide bonds. The largest absolute Gasteiger partial charge is 0.374 e. The molecule has 0 aliphatic carbocycles. The second-order valence-electron chi connectivity index (χ2n) is 6.75. The predicted octanol–water partition coefficient (Wildman–Crippen LogP) is 4.50. The number of hydrogen-bond acceptors (Lipinski definition) is 5. The average Bonchev–Trinajstić information content (AvgIpc) is 3.13. The first-order chi connectivity index (χ1) is 14.0. The van der Waals surface area contributed by atoms with Gasteiger partial charge in [0, 0.05) is 16.6 Å². The summed E-state index contributed by atoms with van der Waals surface area (Å²) in [5, 5.41) is 7.87. The molecule has 3 aromatic rings. The molecule has 2 aromatic carbocycles. The molecule has 1 heterocycles. The molecular formula is C22H23N3O3S. The van der Waals surface area contributed by atoms with E-state index in [1.165, 1.54) is 11.3 Å². The second-order valence-corrected chi connectivity index (χ2v) is 7.61. The summed E-state index contributed by atoms with van der Waals surface area (Å²) in [6.45, 7) is 4.46. The zero-order chi connectivity index (χ0) is 20.6. The quantitative estimate of drug-likeness (QED) is 0.574. The highest BCUT2D eigenvalue weighted by Crippen LogP contribution is 2.18. The number of nitrogens with zero attached hydrogens (tertiary/aromatic N) is 1. The van der Waals surface area contributed by atoms with E-state index in [2.05, 4.69) is 15.6 Å². The molecule has 0 saturated carbocycles. The summed E-state index contributed by atoms with van der Waals surface area (Å²) in [6.07, 6.45) is 0.277. The minimum atomic E-state index is -0.226. The number of rotatable bonds is 8. The van der Waals surface area contributed by atoms with Crippen molar-refractivity contribution in [1.82, 2.24) is 4.98 Å². The van der Waals surface area contributed by atoms with Gasteiger partial charge in [-0.25, -0.2) is 4.98 Å². The van der Waals surface area contributed by atoms with Crippen LogP contribution in [0.15, 0.2) is 60.0 Å². The summed E-state index contributed by atoms with van der Waals surface area (Å²) >= 11 is 1.29. The van der Waals surface area contributed by atoms with Gasteiger partial charge in [0.25, 0.3) is 5.91 Å². The van der Waals surface area contributed by atoms with Crippen LogP contribution in [0.2, 0.25) is 0 Å². The maximum atomic E-state index is 12.3. The van der Waals surface area contributed by atoms with Crippen LogP contribution in [-0.2, 0) is 22.6 Å². The van der Waals surface area contributed by atoms with Crippen LogP contribution in [0.4, 0.5) is 10.8 Å². The smallest absolute Gasteiger partial charge is 0.257 e. The number of benzene rings is 2.